The lowest BCUT2D eigenvalue weighted by atomic mass is 9.72. The van der Waals surface area contributed by atoms with Crippen LogP contribution in [-0.2, 0) is 14.3 Å². The van der Waals surface area contributed by atoms with Crippen molar-refractivity contribution in [2.75, 3.05) is 14.1 Å². The van der Waals surface area contributed by atoms with E-state index in [0.29, 0.717) is 0 Å². The summed E-state index contributed by atoms with van der Waals surface area (Å²) in [5, 5.41) is 0. The van der Waals surface area contributed by atoms with E-state index in [0.717, 1.165) is 25.7 Å². The Bertz CT molecular complexity index is 585. The zero-order valence-electron chi connectivity index (χ0n) is 19.8. The van der Waals surface area contributed by atoms with Gasteiger partial charge in [-0.05, 0) is 82.3 Å². The summed E-state index contributed by atoms with van der Waals surface area (Å²) in [5.74, 6) is -0.412. The first-order valence-corrected chi connectivity index (χ1v) is 10.7. The van der Waals surface area contributed by atoms with E-state index in [1.54, 1.807) is 0 Å². The van der Waals surface area contributed by atoms with Gasteiger partial charge in [-0.3, -0.25) is 19.4 Å². The molecule has 0 aliphatic carbocycles. The molecule has 2 rings (SSSR count). The third kappa shape index (κ3) is 4.79. The Morgan fingerprint density at radius 3 is 1.50 bits per heavy atom. The molecule has 2 heterocycles. The predicted octanol–water partition coefficient (Wildman–Crippen LogP) is 4.04. The van der Waals surface area contributed by atoms with E-state index < -0.39 is 0 Å². The summed E-state index contributed by atoms with van der Waals surface area (Å²) in [5.41, 5.74) is -0.209. The quantitative estimate of drug-likeness (QED) is 0.532. The van der Waals surface area contributed by atoms with Crippen LogP contribution in [0.1, 0.15) is 87.5 Å². The zero-order chi connectivity index (χ0) is 21.7. The fourth-order valence-electron chi connectivity index (χ4n) is 5.48. The van der Waals surface area contributed by atoms with Crippen LogP contribution in [-0.4, -0.2) is 63.9 Å². The van der Waals surface area contributed by atoms with Gasteiger partial charge in [-0.2, -0.15) is 0 Å². The second kappa shape index (κ2) is 7.39. The second-order valence-electron chi connectivity index (χ2n) is 11.6. The summed E-state index contributed by atoms with van der Waals surface area (Å²) in [4.78, 5) is 30.2. The van der Waals surface area contributed by atoms with Gasteiger partial charge in [0, 0.05) is 40.9 Å². The van der Waals surface area contributed by atoms with Crippen molar-refractivity contribution in [3.63, 3.8) is 0 Å². The number of ether oxygens (including phenoxy) is 1. The number of rotatable bonds is 4. The summed E-state index contributed by atoms with van der Waals surface area (Å²) in [6.07, 6.45) is 2.92. The molecule has 2 aliphatic rings. The maximum absolute atomic E-state index is 12.9. The van der Waals surface area contributed by atoms with Gasteiger partial charge in [0.1, 0.15) is 18.3 Å². The van der Waals surface area contributed by atoms with Gasteiger partial charge in [-0.1, -0.05) is 0 Å². The zero-order valence-corrected chi connectivity index (χ0v) is 19.8. The molecular formula is C23H42N2O3. The van der Waals surface area contributed by atoms with E-state index in [-0.39, 0.29) is 52.4 Å². The number of likely N-dealkylation sites (tertiary alicyclic amines) is 2. The minimum atomic E-state index is -0.360. The molecule has 2 fully saturated rings. The SMILES string of the molecule is CN1C(C)(C)CC(OC(=O)CC(=O)C2CC(C)(C)N(C)C(C)(C)C2)CC1(C)C. The molecule has 0 N–H and O–H groups in total. The van der Waals surface area contributed by atoms with Gasteiger partial charge in [0.15, 0.2) is 0 Å². The van der Waals surface area contributed by atoms with E-state index in [9.17, 15) is 9.59 Å². The molecule has 0 spiro atoms. The van der Waals surface area contributed by atoms with Crippen LogP contribution in [0.2, 0.25) is 0 Å². The number of carbonyl (C=O) groups excluding carboxylic acids is 2. The normalized spacial score (nSPS) is 28.1. The molecule has 28 heavy (non-hydrogen) atoms. The van der Waals surface area contributed by atoms with Crippen molar-refractivity contribution >= 4 is 11.8 Å². The highest BCUT2D eigenvalue weighted by Crippen LogP contribution is 2.41. The molecular weight excluding hydrogens is 352 g/mol. The Morgan fingerprint density at radius 2 is 1.11 bits per heavy atom. The lowest BCUT2D eigenvalue weighted by molar-refractivity contribution is -0.161. The van der Waals surface area contributed by atoms with E-state index in [4.69, 9.17) is 4.74 Å². The van der Waals surface area contributed by atoms with Gasteiger partial charge in [0.05, 0.1) is 0 Å². The molecule has 2 saturated heterocycles. The van der Waals surface area contributed by atoms with Crippen LogP contribution in [0.15, 0.2) is 0 Å². The molecule has 0 bridgehead atoms. The third-order valence-electron chi connectivity index (χ3n) is 7.65. The van der Waals surface area contributed by atoms with Gasteiger partial charge in [-0.15, -0.1) is 0 Å². The summed E-state index contributed by atoms with van der Waals surface area (Å²) in [6.45, 7) is 17.4. The van der Waals surface area contributed by atoms with E-state index in [1.165, 1.54) is 0 Å². The average Bonchev–Trinajstić information content (AvgIpc) is 2.48. The Kier molecular flexibility index (Phi) is 6.16. The van der Waals surface area contributed by atoms with Crippen LogP contribution in [0.25, 0.3) is 0 Å². The molecule has 5 heteroatoms. The maximum atomic E-state index is 12.9. The smallest absolute Gasteiger partial charge is 0.313 e. The van der Waals surface area contributed by atoms with E-state index in [1.807, 2.05) is 0 Å². The third-order valence-corrected chi connectivity index (χ3v) is 7.65. The monoisotopic (exact) mass is 394 g/mol. The molecule has 0 atom stereocenters. The molecule has 0 aromatic rings. The minimum absolute atomic E-state index is 0.0331. The highest BCUT2D eigenvalue weighted by atomic mass is 16.5. The summed E-state index contributed by atoms with van der Waals surface area (Å²) in [6, 6.07) is 0. The number of piperidine rings is 2. The van der Waals surface area contributed by atoms with Gasteiger partial charge in [-0.25, -0.2) is 0 Å². The van der Waals surface area contributed by atoms with Crippen molar-refractivity contribution in [2.24, 2.45) is 5.92 Å². The molecule has 0 unspecified atom stereocenters. The number of nitrogens with zero attached hydrogens (tertiary/aromatic N) is 2. The predicted molar refractivity (Wildman–Crippen MR) is 113 cm³/mol. The van der Waals surface area contributed by atoms with Crippen molar-refractivity contribution in [3.8, 4) is 0 Å². The molecule has 0 saturated carbocycles. The molecule has 162 valence electrons. The van der Waals surface area contributed by atoms with Crippen LogP contribution >= 0.6 is 0 Å². The van der Waals surface area contributed by atoms with Crippen molar-refractivity contribution in [1.29, 1.82) is 0 Å². The summed E-state index contributed by atoms with van der Waals surface area (Å²) >= 11 is 0. The molecule has 0 aromatic carbocycles. The number of hydrogen-bond donors (Lipinski definition) is 0. The van der Waals surface area contributed by atoms with Crippen LogP contribution in [0, 0.1) is 5.92 Å². The first kappa shape index (κ1) is 23.3. The van der Waals surface area contributed by atoms with Crippen LogP contribution in [0.3, 0.4) is 0 Å². The lowest BCUT2D eigenvalue weighted by Gasteiger charge is -2.53. The van der Waals surface area contributed by atoms with Gasteiger partial charge in [0.2, 0.25) is 0 Å². The molecule has 5 nitrogen and oxygen atoms in total. The second-order valence-corrected chi connectivity index (χ2v) is 11.6. The fourth-order valence-corrected chi connectivity index (χ4v) is 5.48. The minimum Gasteiger partial charge on any atom is -0.462 e. The van der Waals surface area contributed by atoms with E-state index >= 15 is 0 Å². The van der Waals surface area contributed by atoms with Crippen molar-refractivity contribution in [1.82, 2.24) is 9.80 Å². The number of Topliss-reactive ketones (excluding diaryl/α,β-unsaturated/α-hetero) is 1. The van der Waals surface area contributed by atoms with Crippen molar-refractivity contribution in [3.05, 3.63) is 0 Å². The van der Waals surface area contributed by atoms with Gasteiger partial charge >= 0.3 is 5.97 Å². The average molecular weight is 395 g/mol. The number of carbonyl (C=O) groups is 2. The number of ketones is 1. The number of hydrogen-bond acceptors (Lipinski definition) is 5. The molecule has 0 amide bonds. The van der Waals surface area contributed by atoms with E-state index in [2.05, 4.69) is 79.3 Å². The molecule has 0 aromatic heterocycles. The lowest BCUT2D eigenvalue weighted by Crippen LogP contribution is -2.60. The Balaban J connectivity index is 1.99. The topological polar surface area (TPSA) is 49.9 Å². The first-order chi connectivity index (χ1) is 12.5. The Labute approximate surface area is 172 Å². The molecule has 2 aliphatic heterocycles. The molecule has 0 radical (unpaired) electrons. The highest BCUT2D eigenvalue weighted by Gasteiger charge is 2.46. The largest absolute Gasteiger partial charge is 0.462 e. The summed E-state index contributed by atoms with van der Waals surface area (Å²) < 4.78 is 5.80. The van der Waals surface area contributed by atoms with Crippen LogP contribution in [0.4, 0.5) is 0 Å². The van der Waals surface area contributed by atoms with Crippen LogP contribution in [0.5, 0.6) is 0 Å². The van der Waals surface area contributed by atoms with Crippen molar-refractivity contribution in [2.45, 2.75) is 116 Å². The summed E-state index contributed by atoms with van der Waals surface area (Å²) in [7, 11) is 4.25. The van der Waals surface area contributed by atoms with Crippen LogP contribution < -0.4 is 0 Å². The Hall–Kier alpha value is -0.940. The Morgan fingerprint density at radius 1 is 0.750 bits per heavy atom. The first-order valence-electron chi connectivity index (χ1n) is 10.7. The standard InChI is InChI=1S/C23H42N2O3/c1-20(2)12-16(13-21(3,4)24(20)9)18(26)11-19(27)28-17-14-22(5,6)25(10)23(7,8)15-17/h16-17H,11-15H2,1-10H3. The van der Waals surface area contributed by atoms with Gasteiger partial charge < -0.3 is 4.74 Å². The van der Waals surface area contributed by atoms with Gasteiger partial charge in [0.25, 0.3) is 0 Å². The fraction of sp³-hybridized carbons (Fsp3) is 0.913. The highest BCUT2D eigenvalue weighted by molar-refractivity contribution is 5.97. The maximum Gasteiger partial charge on any atom is 0.313 e. The number of esters is 1. The van der Waals surface area contributed by atoms with Crippen molar-refractivity contribution < 1.29 is 14.3 Å².